The number of hydrogen-bond donors (Lipinski definition) is 1. The van der Waals surface area contributed by atoms with Crippen molar-refractivity contribution in [3.8, 4) is 0 Å². The highest BCUT2D eigenvalue weighted by molar-refractivity contribution is 7.47. The second kappa shape index (κ2) is 14.9. The van der Waals surface area contributed by atoms with Gasteiger partial charge in [0.05, 0.1) is 6.61 Å². The molecular formula is C16H31O6P. The van der Waals surface area contributed by atoms with Crippen molar-refractivity contribution < 1.29 is 28.3 Å². The molecule has 0 radical (unpaired) electrons. The zero-order chi connectivity index (χ0) is 17.4. The summed E-state index contributed by atoms with van der Waals surface area (Å²) in [6, 6.07) is 0. The average molecular weight is 350 g/mol. The fraction of sp³-hybridized carbons (Fsp3) is 0.812. The Kier molecular flexibility index (Phi) is 14.4. The van der Waals surface area contributed by atoms with Crippen LogP contribution >= 0.6 is 7.82 Å². The lowest BCUT2D eigenvalue weighted by Gasteiger charge is -2.09. The molecule has 0 fully saturated rings. The van der Waals surface area contributed by atoms with E-state index in [2.05, 4.69) is 27.6 Å². The quantitative estimate of drug-likeness (QED) is 0.137. The zero-order valence-corrected chi connectivity index (χ0v) is 15.1. The number of carbonyl (C=O) groups is 1. The maximum absolute atomic E-state index is 11.3. The predicted octanol–water partition coefficient (Wildman–Crippen LogP) is 5.08. The van der Waals surface area contributed by atoms with Gasteiger partial charge in [-0.3, -0.25) is 9.41 Å². The van der Waals surface area contributed by atoms with Crippen LogP contribution in [0.5, 0.6) is 0 Å². The molecule has 0 heterocycles. The molecule has 0 aromatic heterocycles. The van der Waals surface area contributed by atoms with Crippen molar-refractivity contribution in [3.63, 3.8) is 0 Å². The Morgan fingerprint density at radius 2 is 1.48 bits per heavy atom. The summed E-state index contributed by atoms with van der Waals surface area (Å²) in [6.07, 6.45) is 13.8. The van der Waals surface area contributed by atoms with Crippen LogP contribution in [0, 0.1) is 0 Å². The van der Waals surface area contributed by atoms with Crippen LogP contribution in [0.25, 0.3) is 0 Å². The molecule has 6 nitrogen and oxygen atoms in total. The molecule has 0 aromatic carbocycles. The average Bonchev–Trinajstić information content (AvgIpc) is 2.53. The van der Waals surface area contributed by atoms with Gasteiger partial charge in [-0.1, -0.05) is 82.4 Å². The van der Waals surface area contributed by atoms with E-state index in [9.17, 15) is 14.3 Å². The summed E-state index contributed by atoms with van der Waals surface area (Å²) in [5.74, 6) is -0.947. The molecule has 0 aliphatic rings. The summed E-state index contributed by atoms with van der Waals surface area (Å²) in [4.78, 5) is 23.9. The molecule has 0 bridgehead atoms. The maximum Gasteiger partial charge on any atom is 0.508 e. The zero-order valence-electron chi connectivity index (χ0n) is 14.2. The topological polar surface area (TPSA) is 82.1 Å². The Morgan fingerprint density at radius 3 is 1.96 bits per heavy atom. The van der Waals surface area contributed by atoms with Gasteiger partial charge in [-0.25, -0.2) is 9.36 Å². The third-order valence-corrected chi connectivity index (χ3v) is 4.15. The van der Waals surface area contributed by atoms with Crippen LogP contribution in [0.1, 0.15) is 77.6 Å². The van der Waals surface area contributed by atoms with Crippen molar-refractivity contribution in [3.05, 3.63) is 12.7 Å². The molecule has 0 saturated heterocycles. The van der Waals surface area contributed by atoms with Crippen molar-refractivity contribution in [1.29, 1.82) is 0 Å². The highest BCUT2D eigenvalue weighted by Gasteiger charge is 2.24. The van der Waals surface area contributed by atoms with Crippen molar-refractivity contribution in [2.24, 2.45) is 0 Å². The minimum absolute atomic E-state index is 0.0937. The summed E-state index contributed by atoms with van der Waals surface area (Å²) < 4.78 is 20.1. The van der Waals surface area contributed by atoms with Gasteiger partial charge in [0.1, 0.15) is 0 Å². The smallest absolute Gasteiger partial charge is 0.300 e. The summed E-state index contributed by atoms with van der Waals surface area (Å²) in [6.45, 7) is 5.45. The lowest BCUT2D eigenvalue weighted by atomic mass is 10.1. The van der Waals surface area contributed by atoms with Gasteiger partial charge in [0, 0.05) is 6.08 Å². The lowest BCUT2D eigenvalue weighted by Crippen LogP contribution is -2.03. The SMILES string of the molecule is C=CC(=O)OOP(=O)(O)OCCCCCCCCCCCCC. The lowest BCUT2D eigenvalue weighted by molar-refractivity contribution is -0.217. The minimum atomic E-state index is -4.33. The van der Waals surface area contributed by atoms with Gasteiger partial charge in [-0.15, -0.1) is 0 Å². The molecule has 0 aromatic rings. The van der Waals surface area contributed by atoms with Crippen LogP contribution in [-0.2, 0) is 23.4 Å². The first-order chi connectivity index (χ1) is 11.0. The third kappa shape index (κ3) is 16.0. The molecule has 0 rings (SSSR count). The number of hydrogen-bond acceptors (Lipinski definition) is 5. The summed E-state index contributed by atoms with van der Waals surface area (Å²) in [7, 11) is -4.33. The number of phosphoric acid groups is 1. The molecule has 0 spiro atoms. The van der Waals surface area contributed by atoms with Gasteiger partial charge in [-0.2, -0.15) is 0 Å². The molecule has 7 heteroatoms. The standard InChI is InChI=1S/C16H31O6P/c1-3-5-6-7-8-9-10-11-12-13-14-15-20-23(18,19)22-21-16(17)4-2/h4H,2-3,5-15H2,1H3,(H,18,19). The molecule has 0 aliphatic carbocycles. The number of carbonyl (C=O) groups excluding carboxylic acids is 1. The molecule has 0 saturated carbocycles. The van der Waals surface area contributed by atoms with Crippen LogP contribution in [-0.4, -0.2) is 17.5 Å². The first-order valence-corrected chi connectivity index (χ1v) is 10.0. The Bertz CT molecular complexity index is 358. The summed E-state index contributed by atoms with van der Waals surface area (Å²) in [5, 5.41) is 0. The molecular weight excluding hydrogens is 319 g/mol. The highest BCUT2D eigenvalue weighted by atomic mass is 31.2. The van der Waals surface area contributed by atoms with E-state index in [4.69, 9.17) is 0 Å². The van der Waals surface area contributed by atoms with E-state index in [1.807, 2.05) is 0 Å². The molecule has 23 heavy (non-hydrogen) atoms. The van der Waals surface area contributed by atoms with Crippen molar-refractivity contribution in [2.75, 3.05) is 6.61 Å². The molecule has 0 amide bonds. The number of rotatable bonds is 16. The van der Waals surface area contributed by atoms with Gasteiger partial charge in [-0.05, 0) is 6.42 Å². The molecule has 1 unspecified atom stereocenters. The summed E-state index contributed by atoms with van der Waals surface area (Å²) >= 11 is 0. The van der Waals surface area contributed by atoms with Crippen LogP contribution in [0.4, 0.5) is 0 Å². The molecule has 136 valence electrons. The van der Waals surface area contributed by atoms with E-state index < -0.39 is 13.8 Å². The van der Waals surface area contributed by atoms with Gasteiger partial charge < -0.3 is 4.89 Å². The fourth-order valence-electron chi connectivity index (χ4n) is 2.09. The Balaban J connectivity index is 3.36. The van der Waals surface area contributed by atoms with Crippen LogP contribution in [0.2, 0.25) is 0 Å². The van der Waals surface area contributed by atoms with Gasteiger partial charge in [0.15, 0.2) is 0 Å². The first kappa shape index (κ1) is 22.3. The summed E-state index contributed by atoms with van der Waals surface area (Å²) in [5.41, 5.74) is 0. The van der Waals surface area contributed by atoms with Crippen LogP contribution in [0.15, 0.2) is 12.7 Å². The van der Waals surface area contributed by atoms with Gasteiger partial charge in [0.25, 0.3) is 0 Å². The van der Waals surface area contributed by atoms with Crippen molar-refractivity contribution in [1.82, 2.24) is 0 Å². The number of phosphoric ester groups is 1. The highest BCUT2D eigenvalue weighted by Crippen LogP contribution is 2.43. The van der Waals surface area contributed by atoms with Crippen molar-refractivity contribution >= 4 is 13.8 Å². The van der Waals surface area contributed by atoms with E-state index >= 15 is 0 Å². The number of unbranched alkanes of at least 4 members (excludes halogenated alkanes) is 10. The predicted molar refractivity (Wildman–Crippen MR) is 89.6 cm³/mol. The van der Waals surface area contributed by atoms with E-state index in [1.165, 1.54) is 51.4 Å². The van der Waals surface area contributed by atoms with E-state index in [0.717, 1.165) is 18.9 Å². The molecule has 1 atom stereocenters. The normalized spacial score (nSPS) is 13.5. The first-order valence-electron chi connectivity index (χ1n) is 8.52. The third-order valence-electron chi connectivity index (χ3n) is 3.38. The van der Waals surface area contributed by atoms with Gasteiger partial charge >= 0.3 is 13.8 Å². The monoisotopic (exact) mass is 350 g/mol. The van der Waals surface area contributed by atoms with Crippen molar-refractivity contribution in [2.45, 2.75) is 77.6 Å². The fourth-order valence-corrected chi connectivity index (χ4v) is 2.66. The minimum Gasteiger partial charge on any atom is -0.300 e. The second-order valence-electron chi connectivity index (χ2n) is 5.52. The maximum atomic E-state index is 11.3. The second-order valence-corrected chi connectivity index (χ2v) is 6.86. The Morgan fingerprint density at radius 1 is 1.00 bits per heavy atom. The van der Waals surface area contributed by atoms with Gasteiger partial charge in [0.2, 0.25) is 0 Å². The Labute approximate surface area is 139 Å². The van der Waals surface area contributed by atoms with E-state index in [0.29, 0.717) is 6.42 Å². The molecule has 1 N–H and O–H groups in total. The van der Waals surface area contributed by atoms with E-state index in [-0.39, 0.29) is 6.61 Å². The largest absolute Gasteiger partial charge is 0.508 e. The van der Waals surface area contributed by atoms with E-state index in [1.54, 1.807) is 0 Å². The Hall–Kier alpha value is -0.680. The molecule has 0 aliphatic heterocycles. The van der Waals surface area contributed by atoms with Crippen LogP contribution < -0.4 is 0 Å². The van der Waals surface area contributed by atoms with Crippen LogP contribution in [0.3, 0.4) is 0 Å².